The van der Waals surface area contributed by atoms with Gasteiger partial charge in [0.25, 0.3) is 0 Å². The number of rotatable bonds is 2. The molecule has 1 heterocycles. The van der Waals surface area contributed by atoms with E-state index in [2.05, 4.69) is 10.1 Å². The Kier molecular flexibility index (Phi) is 2.47. The Morgan fingerprint density at radius 3 is 2.75 bits per heavy atom. The number of Topliss-reactive ketones (excluding diaryl/α,β-unsaturated/α-hetero) is 1. The highest BCUT2D eigenvalue weighted by Gasteiger charge is 2.25. The molecule has 0 aromatic carbocycles. The molecule has 0 saturated heterocycles. The van der Waals surface area contributed by atoms with E-state index in [1.54, 1.807) is 6.20 Å². The third kappa shape index (κ3) is 1.64. The van der Waals surface area contributed by atoms with Gasteiger partial charge < -0.3 is 10.1 Å². The Morgan fingerprint density at radius 1 is 1.67 bits per heavy atom. The van der Waals surface area contributed by atoms with Crippen LogP contribution < -0.4 is 5.32 Å². The molecule has 66 valence electrons. The van der Waals surface area contributed by atoms with Crippen LogP contribution in [0.2, 0.25) is 0 Å². The summed E-state index contributed by atoms with van der Waals surface area (Å²) in [5.74, 6) is -0.337. The van der Waals surface area contributed by atoms with Gasteiger partial charge in [0.2, 0.25) is 0 Å². The summed E-state index contributed by atoms with van der Waals surface area (Å²) in [4.78, 5) is 21.8. The zero-order valence-corrected chi connectivity index (χ0v) is 7.09. The van der Waals surface area contributed by atoms with Crippen molar-refractivity contribution in [3.8, 4) is 0 Å². The first-order valence-electron chi connectivity index (χ1n) is 3.69. The molecule has 0 aliphatic carbocycles. The third-order valence-electron chi connectivity index (χ3n) is 1.82. The van der Waals surface area contributed by atoms with Crippen molar-refractivity contribution in [1.82, 2.24) is 5.32 Å². The minimum absolute atomic E-state index is 0.00565. The second kappa shape index (κ2) is 3.38. The van der Waals surface area contributed by atoms with E-state index in [4.69, 9.17) is 0 Å². The van der Waals surface area contributed by atoms with Crippen LogP contribution in [0.3, 0.4) is 0 Å². The first-order valence-corrected chi connectivity index (χ1v) is 3.69. The lowest BCUT2D eigenvalue weighted by Gasteiger charge is -2.06. The summed E-state index contributed by atoms with van der Waals surface area (Å²) in [6.07, 6.45) is 2.01. The van der Waals surface area contributed by atoms with Crippen LogP contribution in [0.25, 0.3) is 0 Å². The fourth-order valence-corrected chi connectivity index (χ4v) is 1.08. The third-order valence-corrected chi connectivity index (χ3v) is 1.82. The van der Waals surface area contributed by atoms with Gasteiger partial charge in [0.15, 0.2) is 5.78 Å². The Balaban J connectivity index is 2.52. The minimum atomic E-state index is -0.381. The van der Waals surface area contributed by atoms with Gasteiger partial charge >= 0.3 is 5.97 Å². The molecule has 4 heteroatoms. The fourth-order valence-electron chi connectivity index (χ4n) is 1.08. The average molecular weight is 169 g/mol. The van der Waals surface area contributed by atoms with E-state index in [1.165, 1.54) is 14.0 Å². The van der Waals surface area contributed by atoms with Crippen molar-refractivity contribution >= 4 is 11.8 Å². The Labute approximate surface area is 70.6 Å². The van der Waals surface area contributed by atoms with Crippen LogP contribution in [-0.2, 0) is 14.3 Å². The Bertz CT molecular complexity index is 245. The molecule has 0 aromatic rings. The zero-order chi connectivity index (χ0) is 9.14. The molecule has 0 bridgehead atoms. The smallest absolute Gasteiger partial charge is 0.328 e. The molecule has 0 fully saturated rings. The largest absolute Gasteiger partial charge is 0.467 e. The predicted molar refractivity (Wildman–Crippen MR) is 42.3 cm³/mol. The van der Waals surface area contributed by atoms with Gasteiger partial charge in [-0.15, -0.1) is 0 Å². The Morgan fingerprint density at radius 2 is 2.33 bits per heavy atom. The van der Waals surface area contributed by atoms with Crippen LogP contribution in [0.5, 0.6) is 0 Å². The SMILES string of the molecule is COC(=O)C1CC(C(C)=O)=CN1. The number of methoxy groups -OCH3 is 1. The first kappa shape index (κ1) is 8.77. The molecule has 0 spiro atoms. The van der Waals surface area contributed by atoms with Gasteiger partial charge in [-0.05, 0) is 6.92 Å². The molecule has 1 aliphatic heterocycles. The van der Waals surface area contributed by atoms with Crippen LogP contribution >= 0.6 is 0 Å². The molecule has 0 saturated carbocycles. The highest BCUT2D eigenvalue weighted by atomic mass is 16.5. The maximum atomic E-state index is 11.0. The number of nitrogens with one attached hydrogen (secondary N) is 1. The second-order valence-electron chi connectivity index (χ2n) is 2.67. The molecule has 12 heavy (non-hydrogen) atoms. The van der Waals surface area contributed by atoms with E-state index in [0.29, 0.717) is 12.0 Å². The summed E-state index contributed by atoms with van der Waals surface area (Å²) in [7, 11) is 1.33. The number of ketones is 1. The molecule has 1 N–H and O–H groups in total. The summed E-state index contributed by atoms with van der Waals surface area (Å²) < 4.78 is 4.52. The molecule has 4 nitrogen and oxygen atoms in total. The Hall–Kier alpha value is -1.32. The van der Waals surface area contributed by atoms with E-state index in [9.17, 15) is 9.59 Å². The minimum Gasteiger partial charge on any atom is -0.467 e. The van der Waals surface area contributed by atoms with Crippen molar-refractivity contribution in [3.05, 3.63) is 11.8 Å². The van der Waals surface area contributed by atoms with Crippen LogP contribution in [0.15, 0.2) is 11.8 Å². The summed E-state index contributed by atoms with van der Waals surface area (Å²) in [5.41, 5.74) is 0.644. The maximum Gasteiger partial charge on any atom is 0.328 e. The van der Waals surface area contributed by atoms with E-state index in [-0.39, 0.29) is 17.8 Å². The number of hydrogen-bond acceptors (Lipinski definition) is 4. The molecule has 0 amide bonds. The topological polar surface area (TPSA) is 55.4 Å². The van der Waals surface area contributed by atoms with Crippen molar-refractivity contribution in [3.63, 3.8) is 0 Å². The van der Waals surface area contributed by atoms with Gasteiger partial charge in [0.1, 0.15) is 6.04 Å². The summed E-state index contributed by atoms with van der Waals surface area (Å²) in [6.45, 7) is 1.48. The normalized spacial score (nSPS) is 21.2. The molecule has 1 unspecified atom stereocenters. The molecule has 1 aliphatic rings. The molecular formula is C8H11NO3. The van der Waals surface area contributed by atoms with Crippen molar-refractivity contribution in [1.29, 1.82) is 0 Å². The molecule has 1 atom stereocenters. The van der Waals surface area contributed by atoms with Gasteiger partial charge in [-0.1, -0.05) is 0 Å². The number of hydrogen-bond donors (Lipinski definition) is 1. The monoisotopic (exact) mass is 169 g/mol. The van der Waals surface area contributed by atoms with Gasteiger partial charge in [-0.25, -0.2) is 4.79 Å². The van der Waals surface area contributed by atoms with Crippen molar-refractivity contribution < 1.29 is 14.3 Å². The maximum absolute atomic E-state index is 11.0. The van der Waals surface area contributed by atoms with Gasteiger partial charge in [-0.2, -0.15) is 0 Å². The second-order valence-corrected chi connectivity index (χ2v) is 2.67. The molecule has 0 radical (unpaired) electrons. The summed E-state index contributed by atoms with van der Waals surface area (Å²) in [6, 6.07) is -0.381. The van der Waals surface area contributed by atoms with Crippen LogP contribution in [0, 0.1) is 0 Å². The highest BCUT2D eigenvalue weighted by Crippen LogP contribution is 2.13. The van der Waals surface area contributed by atoms with Crippen LogP contribution in [0.1, 0.15) is 13.3 Å². The number of carbonyl (C=O) groups excluding carboxylic acids is 2. The van der Waals surface area contributed by atoms with E-state index in [0.717, 1.165) is 0 Å². The lowest BCUT2D eigenvalue weighted by molar-refractivity contribution is -0.142. The number of esters is 1. The summed E-state index contributed by atoms with van der Waals surface area (Å²) >= 11 is 0. The number of ether oxygens (including phenoxy) is 1. The fraction of sp³-hybridized carbons (Fsp3) is 0.500. The standard InChI is InChI=1S/C8H11NO3/c1-5(10)6-3-7(9-4-6)8(11)12-2/h4,7,9H,3H2,1-2H3. The van der Waals surface area contributed by atoms with Gasteiger partial charge in [-0.3, -0.25) is 4.79 Å². The lowest BCUT2D eigenvalue weighted by atomic mass is 10.1. The highest BCUT2D eigenvalue weighted by molar-refractivity contribution is 5.95. The average Bonchev–Trinajstić information content (AvgIpc) is 2.51. The molecule has 0 aromatic heterocycles. The zero-order valence-electron chi connectivity index (χ0n) is 7.09. The van der Waals surface area contributed by atoms with E-state index >= 15 is 0 Å². The van der Waals surface area contributed by atoms with Crippen molar-refractivity contribution in [2.24, 2.45) is 0 Å². The lowest BCUT2D eigenvalue weighted by Crippen LogP contribution is -2.30. The van der Waals surface area contributed by atoms with Crippen molar-refractivity contribution in [2.45, 2.75) is 19.4 Å². The van der Waals surface area contributed by atoms with Gasteiger partial charge in [0, 0.05) is 18.2 Å². The van der Waals surface area contributed by atoms with E-state index < -0.39 is 0 Å². The molecular weight excluding hydrogens is 158 g/mol. The van der Waals surface area contributed by atoms with Crippen molar-refractivity contribution in [2.75, 3.05) is 7.11 Å². The summed E-state index contributed by atoms with van der Waals surface area (Å²) in [5, 5.41) is 2.78. The van der Waals surface area contributed by atoms with Gasteiger partial charge in [0.05, 0.1) is 7.11 Å². The quantitative estimate of drug-likeness (QED) is 0.591. The van der Waals surface area contributed by atoms with E-state index in [1.807, 2.05) is 0 Å². The van der Waals surface area contributed by atoms with Crippen LogP contribution in [-0.4, -0.2) is 24.9 Å². The van der Waals surface area contributed by atoms with Crippen LogP contribution in [0.4, 0.5) is 0 Å². The molecule has 1 rings (SSSR count). The number of carbonyl (C=O) groups is 2. The first-order chi connectivity index (χ1) is 5.65. The predicted octanol–water partition coefficient (Wildman–Crippen LogP) is -0.00580.